The molecule has 1 aromatic rings. The highest BCUT2D eigenvalue weighted by atomic mass is 15.3. The zero-order valence-corrected chi connectivity index (χ0v) is 16.0. The van der Waals surface area contributed by atoms with Crippen LogP contribution in [0.4, 0.5) is 0 Å². The number of nitrogens with zero attached hydrogens (tertiary/aromatic N) is 4. The molecule has 0 radical (unpaired) electrons. The molecule has 0 saturated carbocycles. The van der Waals surface area contributed by atoms with E-state index < -0.39 is 0 Å². The van der Waals surface area contributed by atoms with E-state index in [4.69, 9.17) is 0 Å². The van der Waals surface area contributed by atoms with Gasteiger partial charge in [0.05, 0.1) is 0 Å². The van der Waals surface area contributed by atoms with Gasteiger partial charge in [0.2, 0.25) is 0 Å². The molecule has 0 aliphatic carbocycles. The SMILES string of the molecule is CCC(CC)C1CCN(C(=NC)NCCCCn2ccnc2C)C1. The van der Waals surface area contributed by atoms with Gasteiger partial charge in [-0.15, -0.1) is 0 Å². The Morgan fingerprint density at radius 2 is 2.17 bits per heavy atom. The first-order chi connectivity index (χ1) is 11.7. The fraction of sp³-hybridized carbons (Fsp3) is 0.789. The lowest BCUT2D eigenvalue weighted by Gasteiger charge is -2.24. The number of likely N-dealkylation sites (tertiary alicyclic amines) is 1. The number of hydrogen-bond acceptors (Lipinski definition) is 2. The molecular formula is C19H35N5. The molecule has 1 fully saturated rings. The molecule has 1 atom stereocenters. The molecule has 1 saturated heterocycles. The Labute approximate surface area is 147 Å². The molecule has 0 aromatic carbocycles. The summed E-state index contributed by atoms with van der Waals surface area (Å²) in [6, 6.07) is 0. The van der Waals surface area contributed by atoms with Gasteiger partial charge in [-0.1, -0.05) is 26.7 Å². The summed E-state index contributed by atoms with van der Waals surface area (Å²) in [5.41, 5.74) is 0. The summed E-state index contributed by atoms with van der Waals surface area (Å²) >= 11 is 0. The van der Waals surface area contributed by atoms with Gasteiger partial charge in [-0.2, -0.15) is 0 Å². The predicted molar refractivity (Wildman–Crippen MR) is 101 cm³/mol. The van der Waals surface area contributed by atoms with Crippen molar-refractivity contribution in [2.45, 2.75) is 59.4 Å². The molecule has 136 valence electrons. The molecule has 0 bridgehead atoms. The van der Waals surface area contributed by atoms with E-state index >= 15 is 0 Å². The number of hydrogen-bond donors (Lipinski definition) is 1. The van der Waals surface area contributed by atoms with Gasteiger partial charge in [0, 0.05) is 45.6 Å². The Morgan fingerprint density at radius 1 is 1.38 bits per heavy atom. The zero-order chi connectivity index (χ0) is 17.4. The van der Waals surface area contributed by atoms with E-state index in [2.05, 4.69) is 51.7 Å². The number of guanidine groups is 1. The third-order valence-corrected chi connectivity index (χ3v) is 5.48. The van der Waals surface area contributed by atoms with Gasteiger partial charge in [0.15, 0.2) is 5.96 Å². The maximum absolute atomic E-state index is 4.49. The van der Waals surface area contributed by atoms with Crippen LogP contribution < -0.4 is 5.32 Å². The molecule has 2 rings (SSSR count). The lowest BCUT2D eigenvalue weighted by molar-refractivity contribution is 0.319. The highest BCUT2D eigenvalue weighted by Gasteiger charge is 2.29. The topological polar surface area (TPSA) is 45.5 Å². The van der Waals surface area contributed by atoms with Crippen molar-refractivity contribution in [2.75, 3.05) is 26.7 Å². The van der Waals surface area contributed by atoms with Crippen molar-refractivity contribution in [3.05, 3.63) is 18.2 Å². The van der Waals surface area contributed by atoms with Crippen molar-refractivity contribution in [1.82, 2.24) is 19.8 Å². The Hall–Kier alpha value is -1.52. The summed E-state index contributed by atoms with van der Waals surface area (Å²) in [5, 5.41) is 3.55. The molecule has 1 aromatic heterocycles. The van der Waals surface area contributed by atoms with Crippen molar-refractivity contribution in [2.24, 2.45) is 16.8 Å². The number of aryl methyl sites for hydroxylation is 2. The minimum Gasteiger partial charge on any atom is -0.356 e. The molecule has 1 N–H and O–H groups in total. The number of imidazole rings is 1. The second-order valence-corrected chi connectivity index (χ2v) is 6.92. The summed E-state index contributed by atoms with van der Waals surface area (Å²) < 4.78 is 2.22. The van der Waals surface area contributed by atoms with Crippen LogP contribution in [-0.4, -0.2) is 47.1 Å². The maximum Gasteiger partial charge on any atom is 0.193 e. The third-order valence-electron chi connectivity index (χ3n) is 5.48. The standard InChI is InChI=1S/C19H35N5/c1-5-17(6-2)18-9-13-24(15-18)19(20-4)22-10-7-8-12-23-14-11-21-16(23)3/h11,14,17-18H,5-10,12-13,15H2,1-4H3,(H,20,22). The van der Waals surface area contributed by atoms with Crippen LogP contribution in [0.3, 0.4) is 0 Å². The van der Waals surface area contributed by atoms with Crippen LogP contribution in [0.5, 0.6) is 0 Å². The van der Waals surface area contributed by atoms with Crippen LogP contribution in [-0.2, 0) is 6.54 Å². The first-order valence-electron chi connectivity index (χ1n) is 9.62. The van der Waals surface area contributed by atoms with Gasteiger partial charge in [-0.25, -0.2) is 4.98 Å². The number of aliphatic imine (C=N–C) groups is 1. The average molecular weight is 334 g/mol. The average Bonchev–Trinajstić information content (AvgIpc) is 3.22. The number of aromatic nitrogens is 2. The smallest absolute Gasteiger partial charge is 0.193 e. The Bertz CT molecular complexity index is 504. The van der Waals surface area contributed by atoms with E-state index in [1.54, 1.807) is 0 Å². The summed E-state index contributed by atoms with van der Waals surface area (Å²) in [6.45, 7) is 11.1. The molecule has 0 amide bonds. The molecule has 2 heterocycles. The summed E-state index contributed by atoms with van der Waals surface area (Å²) in [6.07, 6.45) is 10.2. The molecule has 0 spiro atoms. The number of rotatable bonds is 8. The second-order valence-electron chi connectivity index (χ2n) is 6.92. The second kappa shape index (κ2) is 9.70. The molecule has 1 unspecified atom stereocenters. The van der Waals surface area contributed by atoms with Gasteiger partial charge in [0.1, 0.15) is 5.82 Å². The zero-order valence-electron chi connectivity index (χ0n) is 16.0. The van der Waals surface area contributed by atoms with E-state index in [-0.39, 0.29) is 0 Å². The van der Waals surface area contributed by atoms with Crippen LogP contribution in [0.15, 0.2) is 17.4 Å². The predicted octanol–water partition coefficient (Wildman–Crippen LogP) is 3.31. The van der Waals surface area contributed by atoms with Gasteiger partial charge >= 0.3 is 0 Å². The van der Waals surface area contributed by atoms with Crippen molar-refractivity contribution in [1.29, 1.82) is 0 Å². The van der Waals surface area contributed by atoms with Gasteiger partial charge in [-0.05, 0) is 38.0 Å². The molecule has 1 aliphatic heterocycles. The van der Waals surface area contributed by atoms with E-state index in [0.29, 0.717) is 0 Å². The van der Waals surface area contributed by atoms with Crippen LogP contribution >= 0.6 is 0 Å². The third kappa shape index (κ3) is 4.99. The van der Waals surface area contributed by atoms with Crippen LogP contribution in [0.1, 0.15) is 51.8 Å². The van der Waals surface area contributed by atoms with Crippen LogP contribution in [0, 0.1) is 18.8 Å². The number of unbranched alkanes of at least 4 members (excludes halogenated alkanes) is 1. The lowest BCUT2D eigenvalue weighted by Crippen LogP contribution is -2.40. The van der Waals surface area contributed by atoms with E-state index in [1.807, 2.05) is 13.2 Å². The highest BCUT2D eigenvalue weighted by molar-refractivity contribution is 5.80. The minimum absolute atomic E-state index is 0.836. The van der Waals surface area contributed by atoms with Crippen molar-refractivity contribution < 1.29 is 0 Å². The highest BCUT2D eigenvalue weighted by Crippen LogP contribution is 2.28. The van der Waals surface area contributed by atoms with Crippen LogP contribution in [0.2, 0.25) is 0 Å². The fourth-order valence-corrected chi connectivity index (χ4v) is 3.90. The van der Waals surface area contributed by atoms with Crippen molar-refractivity contribution in [3.63, 3.8) is 0 Å². The van der Waals surface area contributed by atoms with Gasteiger partial charge in [-0.3, -0.25) is 4.99 Å². The molecule has 5 heteroatoms. The van der Waals surface area contributed by atoms with Gasteiger partial charge < -0.3 is 14.8 Å². The fourth-order valence-electron chi connectivity index (χ4n) is 3.90. The van der Waals surface area contributed by atoms with Crippen molar-refractivity contribution >= 4 is 5.96 Å². The molecule has 24 heavy (non-hydrogen) atoms. The molecule has 5 nitrogen and oxygen atoms in total. The molecule has 1 aliphatic rings. The minimum atomic E-state index is 0.836. The van der Waals surface area contributed by atoms with E-state index in [9.17, 15) is 0 Å². The Morgan fingerprint density at radius 3 is 2.79 bits per heavy atom. The van der Waals surface area contributed by atoms with Crippen LogP contribution in [0.25, 0.3) is 0 Å². The summed E-state index contributed by atoms with van der Waals surface area (Å²) in [4.78, 5) is 11.2. The Kier molecular flexibility index (Phi) is 7.60. The van der Waals surface area contributed by atoms with E-state index in [1.165, 1.54) is 25.8 Å². The van der Waals surface area contributed by atoms with Gasteiger partial charge in [0.25, 0.3) is 0 Å². The first kappa shape index (κ1) is 18.8. The first-order valence-corrected chi connectivity index (χ1v) is 9.62. The maximum atomic E-state index is 4.49. The largest absolute Gasteiger partial charge is 0.356 e. The summed E-state index contributed by atoms with van der Waals surface area (Å²) in [5.74, 6) is 3.89. The quantitative estimate of drug-likeness (QED) is 0.451. The van der Waals surface area contributed by atoms with E-state index in [0.717, 1.165) is 56.1 Å². The lowest BCUT2D eigenvalue weighted by atomic mass is 9.87. The Balaban J connectivity index is 1.68. The molecular weight excluding hydrogens is 298 g/mol. The normalized spacial score (nSPS) is 18.6. The number of nitrogens with one attached hydrogen (secondary N) is 1. The van der Waals surface area contributed by atoms with Crippen molar-refractivity contribution in [3.8, 4) is 0 Å². The summed E-state index contributed by atoms with van der Waals surface area (Å²) in [7, 11) is 1.90. The monoisotopic (exact) mass is 333 g/mol.